The Morgan fingerprint density at radius 3 is 1.29 bits per heavy atom. The Morgan fingerprint density at radius 1 is 0.417 bits per heavy atom. The molecule has 1 N–H and O–H groups in total. The van der Waals surface area contributed by atoms with Gasteiger partial charge >= 0.3 is 0 Å². The first-order valence-electron chi connectivity index (χ1n) is 15.7. The van der Waals surface area contributed by atoms with Crippen LogP contribution in [0, 0.1) is 0 Å². The molecule has 0 saturated carbocycles. The van der Waals surface area contributed by atoms with Crippen molar-refractivity contribution in [3.63, 3.8) is 0 Å². The van der Waals surface area contributed by atoms with E-state index in [9.17, 15) is 0 Å². The molecule has 8 bridgehead atoms. The number of hydrogen-bond donors (Lipinski definition) is 1. The minimum Gasteiger partial charge on any atom is -0.405 e. The Kier molecular flexibility index (Phi) is 5.73. The topological polar surface area (TPSA) is 107 Å². The number of H-pyrrole nitrogens is 1. The van der Waals surface area contributed by atoms with Gasteiger partial charge in [-0.15, -0.1) is 4.73 Å². The van der Waals surface area contributed by atoms with Gasteiger partial charge in [0.1, 0.15) is 17.9 Å². The van der Waals surface area contributed by atoms with E-state index in [2.05, 4.69) is 4.98 Å². The van der Waals surface area contributed by atoms with Crippen LogP contribution in [0.1, 0.15) is 5.56 Å². The first kappa shape index (κ1) is 26.5. The SMILES string of the molecule is c1ccc(COn2c3nc4nc(nc5[nH]c(nc6nc(nc2c2ccccc23)-c2ccccc2-6)c2ccccc52)-c2ccccc2-4)cc1. The molecule has 0 fully saturated rings. The molecule has 0 aliphatic carbocycles. The molecule has 5 heterocycles. The van der Waals surface area contributed by atoms with Gasteiger partial charge in [0.25, 0.3) is 0 Å². The van der Waals surface area contributed by atoms with Crippen LogP contribution in [0.2, 0.25) is 0 Å². The lowest BCUT2D eigenvalue weighted by atomic mass is 10.1. The van der Waals surface area contributed by atoms with Crippen LogP contribution < -0.4 is 4.84 Å². The zero-order valence-corrected chi connectivity index (χ0v) is 25.4. The predicted octanol–water partition coefficient (Wildman–Crippen LogP) is 7.97. The molecule has 2 aliphatic heterocycles. The maximum absolute atomic E-state index is 6.60. The molecule has 9 nitrogen and oxygen atoms in total. The van der Waals surface area contributed by atoms with Gasteiger partial charge in [-0.2, -0.15) is 0 Å². The van der Waals surface area contributed by atoms with E-state index in [4.69, 9.17) is 34.7 Å². The molecule has 226 valence electrons. The fourth-order valence-electron chi connectivity index (χ4n) is 6.50. The Balaban J connectivity index is 1.39. The number of benzene rings is 5. The van der Waals surface area contributed by atoms with Crippen LogP contribution in [0.25, 0.3) is 89.7 Å². The second-order valence-corrected chi connectivity index (χ2v) is 11.7. The monoisotopic (exact) mass is 620 g/mol. The summed E-state index contributed by atoms with van der Waals surface area (Å²) < 4.78 is 1.72. The first-order chi connectivity index (χ1) is 23.8. The molecule has 9 heteroatoms. The van der Waals surface area contributed by atoms with Gasteiger partial charge in [-0.3, -0.25) is 0 Å². The number of nitrogens with one attached hydrogen (secondary N) is 1. The van der Waals surface area contributed by atoms with E-state index in [1.54, 1.807) is 4.73 Å². The van der Waals surface area contributed by atoms with Crippen molar-refractivity contribution in [2.24, 2.45) is 0 Å². The molecule has 0 saturated heterocycles. The van der Waals surface area contributed by atoms with Crippen molar-refractivity contribution in [3.05, 3.63) is 133 Å². The highest BCUT2D eigenvalue weighted by molar-refractivity contribution is 6.06. The van der Waals surface area contributed by atoms with Gasteiger partial charge in [0, 0.05) is 43.8 Å². The Bertz CT molecular complexity index is 2590. The van der Waals surface area contributed by atoms with Gasteiger partial charge < -0.3 is 9.82 Å². The third-order valence-corrected chi connectivity index (χ3v) is 8.77. The molecule has 8 aromatic rings. The minimum absolute atomic E-state index is 0.305. The molecular formula is C39H24N8O. The molecule has 0 amide bonds. The van der Waals surface area contributed by atoms with E-state index in [1.807, 2.05) is 127 Å². The van der Waals surface area contributed by atoms with Gasteiger partial charge in [0.15, 0.2) is 34.6 Å². The second kappa shape index (κ2) is 10.4. The lowest BCUT2D eigenvalue weighted by molar-refractivity contribution is 0.114. The maximum Gasteiger partial charge on any atom is 0.180 e. The zero-order chi connectivity index (χ0) is 31.6. The summed E-state index contributed by atoms with van der Waals surface area (Å²) in [5.41, 5.74) is 7.04. The number of aromatic amines is 1. The number of fused-ring (bicyclic) bond motifs is 20. The number of nitrogens with zero attached hydrogens (tertiary/aromatic N) is 7. The van der Waals surface area contributed by atoms with Crippen LogP contribution in [-0.2, 0) is 6.61 Å². The summed E-state index contributed by atoms with van der Waals surface area (Å²) in [6.07, 6.45) is 0. The Morgan fingerprint density at radius 2 is 0.812 bits per heavy atom. The minimum atomic E-state index is 0.305. The van der Waals surface area contributed by atoms with E-state index >= 15 is 0 Å². The molecule has 0 radical (unpaired) electrons. The van der Waals surface area contributed by atoms with Gasteiger partial charge in [-0.25, -0.2) is 29.9 Å². The van der Waals surface area contributed by atoms with Gasteiger partial charge in [-0.05, 0) is 5.56 Å². The average Bonchev–Trinajstić information content (AvgIpc) is 3.86. The highest BCUT2D eigenvalue weighted by Crippen LogP contribution is 2.37. The van der Waals surface area contributed by atoms with E-state index in [0.29, 0.717) is 52.5 Å². The van der Waals surface area contributed by atoms with E-state index in [0.717, 1.165) is 49.4 Å². The summed E-state index contributed by atoms with van der Waals surface area (Å²) in [5, 5.41) is 3.62. The van der Waals surface area contributed by atoms with Crippen molar-refractivity contribution in [3.8, 4) is 45.6 Å². The molecule has 10 rings (SSSR count). The van der Waals surface area contributed by atoms with E-state index in [1.165, 1.54) is 0 Å². The zero-order valence-electron chi connectivity index (χ0n) is 25.4. The molecule has 3 aromatic heterocycles. The fraction of sp³-hybridized carbons (Fsp3) is 0.0256. The van der Waals surface area contributed by atoms with Crippen LogP contribution in [0.4, 0.5) is 0 Å². The highest BCUT2D eigenvalue weighted by Gasteiger charge is 2.23. The quantitative estimate of drug-likeness (QED) is 0.213. The predicted molar refractivity (Wildman–Crippen MR) is 186 cm³/mol. The fourth-order valence-corrected chi connectivity index (χ4v) is 6.50. The molecule has 0 atom stereocenters. The number of aromatic nitrogens is 8. The standard InChI is InChI=1S/C39H24N8O/c1-2-12-23(13-3-1)22-48-47-38-30-20-10-11-21-31(30)39(47)46-37-29-19-9-7-17-27(29)35(44-37)42-33-25-15-5-4-14-24(25)32(40-33)41-34-26-16-6-8-18-28(26)36(43-34)45-38/h1-21H,22H2,(H,40,41,42,43,44,45,46). The maximum atomic E-state index is 6.60. The van der Waals surface area contributed by atoms with Gasteiger partial charge in [0.2, 0.25) is 0 Å². The number of rotatable bonds is 3. The van der Waals surface area contributed by atoms with Crippen LogP contribution in [0.5, 0.6) is 0 Å². The summed E-state index contributed by atoms with van der Waals surface area (Å²) in [7, 11) is 0. The summed E-state index contributed by atoms with van der Waals surface area (Å²) in [4.78, 5) is 40.7. The number of hydrogen-bond acceptors (Lipinski definition) is 7. The molecule has 48 heavy (non-hydrogen) atoms. The summed E-state index contributed by atoms with van der Waals surface area (Å²) in [6, 6.07) is 42.2. The molecular weight excluding hydrogens is 596 g/mol. The highest BCUT2D eigenvalue weighted by atomic mass is 16.7. The summed E-state index contributed by atoms with van der Waals surface area (Å²) >= 11 is 0. The van der Waals surface area contributed by atoms with Crippen molar-refractivity contribution in [1.82, 2.24) is 39.6 Å². The molecule has 2 aliphatic rings. The van der Waals surface area contributed by atoms with E-state index < -0.39 is 0 Å². The summed E-state index contributed by atoms with van der Waals surface area (Å²) in [6.45, 7) is 0.305. The van der Waals surface area contributed by atoms with E-state index in [-0.39, 0.29) is 0 Å². The largest absolute Gasteiger partial charge is 0.405 e. The van der Waals surface area contributed by atoms with Crippen molar-refractivity contribution in [2.45, 2.75) is 6.61 Å². The third kappa shape index (κ3) is 4.11. The second-order valence-electron chi connectivity index (χ2n) is 11.7. The smallest absolute Gasteiger partial charge is 0.180 e. The summed E-state index contributed by atoms with van der Waals surface area (Å²) in [5.74, 6) is 2.20. The van der Waals surface area contributed by atoms with Gasteiger partial charge in [0.05, 0.1) is 0 Å². The lowest BCUT2D eigenvalue weighted by Crippen LogP contribution is -2.12. The van der Waals surface area contributed by atoms with Crippen LogP contribution >= 0.6 is 0 Å². The van der Waals surface area contributed by atoms with Crippen molar-refractivity contribution in [2.75, 3.05) is 0 Å². The normalized spacial score (nSPS) is 11.8. The Labute approximate surface area is 273 Å². The van der Waals surface area contributed by atoms with Gasteiger partial charge in [-0.1, -0.05) is 127 Å². The average molecular weight is 621 g/mol. The molecule has 0 spiro atoms. The lowest BCUT2D eigenvalue weighted by Gasteiger charge is -2.08. The van der Waals surface area contributed by atoms with Crippen LogP contribution in [0.15, 0.2) is 127 Å². The van der Waals surface area contributed by atoms with Crippen LogP contribution in [0.3, 0.4) is 0 Å². The van der Waals surface area contributed by atoms with Crippen molar-refractivity contribution >= 4 is 44.1 Å². The van der Waals surface area contributed by atoms with Crippen molar-refractivity contribution < 1.29 is 4.84 Å². The third-order valence-electron chi connectivity index (χ3n) is 8.77. The first-order valence-corrected chi connectivity index (χ1v) is 15.7. The van der Waals surface area contributed by atoms with Crippen molar-refractivity contribution in [1.29, 1.82) is 0 Å². The molecule has 0 unspecified atom stereocenters. The Hall–Kier alpha value is -6.74. The molecule has 5 aromatic carbocycles. The van der Waals surface area contributed by atoms with Crippen LogP contribution in [-0.4, -0.2) is 39.6 Å².